The highest BCUT2D eigenvalue weighted by Gasteiger charge is 2.37. The molecule has 0 spiro atoms. The highest BCUT2D eigenvalue weighted by Crippen LogP contribution is 2.23. The van der Waals surface area contributed by atoms with E-state index in [1.54, 1.807) is 0 Å². The van der Waals surface area contributed by atoms with Crippen LogP contribution in [-0.4, -0.2) is 65.8 Å². The summed E-state index contributed by atoms with van der Waals surface area (Å²) in [6.07, 6.45) is 0.348. The Kier molecular flexibility index (Phi) is 5.56. The standard InChI is InChI=1S/C18H24BrN3O2/c1-2-20-6-8-21(9-7-20)18(24)15-11-17(23)22(13-15)12-14-4-3-5-16(19)10-14/h3-5,10,15H,2,6-9,11-13H2,1H3. The molecule has 2 aliphatic rings. The number of likely N-dealkylation sites (tertiary alicyclic amines) is 1. The van der Waals surface area contributed by atoms with Crippen molar-refractivity contribution in [2.24, 2.45) is 5.92 Å². The van der Waals surface area contributed by atoms with Gasteiger partial charge < -0.3 is 14.7 Å². The van der Waals surface area contributed by atoms with Gasteiger partial charge >= 0.3 is 0 Å². The van der Waals surface area contributed by atoms with Crippen molar-refractivity contribution in [1.82, 2.24) is 14.7 Å². The van der Waals surface area contributed by atoms with Crippen LogP contribution in [0.15, 0.2) is 28.7 Å². The number of piperazine rings is 1. The first kappa shape index (κ1) is 17.4. The maximum Gasteiger partial charge on any atom is 0.228 e. The maximum atomic E-state index is 12.7. The second kappa shape index (κ2) is 7.66. The predicted molar refractivity (Wildman–Crippen MR) is 96.4 cm³/mol. The Hall–Kier alpha value is -1.40. The number of nitrogens with zero attached hydrogens (tertiary/aromatic N) is 3. The number of hydrogen-bond acceptors (Lipinski definition) is 3. The monoisotopic (exact) mass is 393 g/mol. The molecule has 2 amide bonds. The smallest absolute Gasteiger partial charge is 0.228 e. The molecule has 6 heteroatoms. The van der Waals surface area contributed by atoms with Gasteiger partial charge in [-0.3, -0.25) is 9.59 Å². The topological polar surface area (TPSA) is 43.9 Å². The minimum atomic E-state index is -0.183. The number of amides is 2. The van der Waals surface area contributed by atoms with Crippen LogP contribution >= 0.6 is 15.9 Å². The summed E-state index contributed by atoms with van der Waals surface area (Å²) in [7, 11) is 0. The van der Waals surface area contributed by atoms with Gasteiger partial charge in [0.15, 0.2) is 0 Å². The minimum Gasteiger partial charge on any atom is -0.340 e. The van der Waals surface area contributed by atoms with Crippen LogP contribution in [0.25, 0.3) is 0 Å². The molecule has 2 aliphatic heterocycles. The summed E-state index contributed by atoms with van der Waals surface area (Å²) in [6.45, 7) is 7.72. The maximum absolute atomic E-state index is 12.7. The molecule has 0 saturated carbocycles. The Bertz CT molecular complexity index is 614. The lowest BCUT2D eigenvalue weighted by atomic mass is 10.1. The second-order valence-electron chi connectivity index (χ2n) is 6.56. The van der Waals surface area contributed by atoms with Gasteiger partial charge in [-0.15, -0.1) is 0 Å². The molecule has 0 aromatic heterocycles. The fourth-order valence-electron chi connectivity index (χ4n) is 3.49. The van der Waals surface area contributed by atoms with Crippen molar-refractivity contribution in [3.8, 4) is 0 Å². The van der Waals surface area contributed by atoms with Gasteiger partial charge in [0, 0.05) is 50.2 Å². The molecule has 2 saturated heterocycles. The zero-order chi connectivity index (χ0) is 17.1. The largest absolute Gasteiger partial charge is 0.340 e. The molecular weight excluding hydrogens is 370 g/mol. The van der Waals surface area contributed by atoms with Crippen molar-refractivity contribution in [3.05, 3.63) is 34.3 Å². The van der Waals surface area contributed by atoms with Crippen LogP contribution in [0.5, 0.6) is 0 Å². The van der Waals surface area contributed by atoms with Crippen LogP contribution in [0.4, 0.5) is 0 Å². The molecule has 0 N–H and O–H groups in total. The number of carbonyl (C=O) groups is 2. The average Bonchev–Trinajstić information content (AvgIpc) is 2.95. The van der Waals surface area contributed by atoms with Gasteiger partial charge in [0.2, 0.25) is 11.8 Å². The summed E-state index contributed by atoms with van der Waals surface area (Å²) >= 11 is 3.46. The van der Waals surface area contributed by atoms with Crippen LogP contribution in [0.1, 0.15) is 18.9 Å². The molecule has 1 aromatic carbocycles. The van der Waals surface area contributed by atoms with E-state index in [1.807, 2.05) is 34.1 Å². The molecule has 1 unspecified atom stereocenters. The SMILES string of the molecule is CCN1CCN(C(=O)C2CC(=O)N(Cc3cccc(Br)c3)C2)CC1. The molecule has 1 aromatic rings. The van der Waals surface area contributed by atoms with E-state index >= 15 is 0 Å². The Balaban J connectivity index is 1.57. The van der Waals surface area contributed by atoms with Crippen molar-refractivity contribution >= 4 is 27.7 Å². The first-order valence-corrected chi connectivity index (χ1v) is 9.39. The Morgan fingerprint density at radius 2 is 2.00 bits per heavy atom. The van der Waals surface area contributed by atoms with Crippen molar-refractivity contribution < 1.29 is 9.59 Å². The quantitative estimate of drug-likeness (QED) is 0.785. The van der Waals surface area contributed by atoms with Gasteiger partial charge in [-0.1, -0.05) is 35.0 Å². The molecular formula is C18H24BrN3O2. The van der Waals surface area contributed by atoms with E-state index in [9.17, 15) is 9.59 Å². The lowest BCUT2D eigenvalue weighted by Crippen LogP contribution is -2.50. The third-order valence-corrected chi connectivity index (χ3v) is 5.45. The highest BCUT2D eigenvalue weighted by molar-refractivity contribution is 9.10. The third kappa shape index (κ3) is 3.98. The Labute approximate surface area is 151 Å². The number of hydrogen-bond donors (Lipinski definition) is 0. The van der Waals surface area contributed by atoms with E-state index in [-0.39, 0.29) is 17.7 Å². The predicted octanol–water partition coefficient (Wildman–Crippen LogP) is 1.96. The van der Waals surface area contributed by atoms with Crippen LogP contribution in [-0.2, 0) is 16.1 Å². The zero-order valence-electron chi connectivity index (χ0n) is 14.1. The van der Waals surface area contributed by atoms with Crippen LogP contribution < -0.4 is 0 Å². The molecule has 0 radical (unpaired) electrons. The van der Waals surface area contributed by atoms with E-state index in [0.29, 0.717) is 19.5 Å². The first-order valence-electron chi connectivity index (χ1n) is 8.60. The summed E-state index contributed by atoms with van der Waals surface area (Å²) in [5.41, 5.74) is 1.09. The number of rotatable bonds is 4. The molecule has 3 rings (SSSR count). The molecule has 2 heterocycles. The fourth-order valence-corrected chi connectivity index (χ4v) is 3.94. The zero-order valence-corrected chi connectivity index (χ0v) is 15.7. The minimum absolute atomic E-state index is 0.0838. The molecule has 2 fully saturated rings. The number of halogens is 1. The van der Waals surface area contributed by atoms with Gasteiger partial charge in [0.1, 0.15) is 0 Å². The summed E-state index contributed by atoms with van der Waals surface area (Å²) in [4.78, 5) is 31.1. The van der Waals surface area contributed by atoms with E-state index in [4.69, 9.17) is 0 Å². The third-order valence-electron chi connectivity index (χ3n) is 4.96. The van der Waals surface area contributed by atoms with Gasteiger partial charge in [-0.25, -0.2) is 0 Å². The molecule has 24 heavy (non-hydrogen) atoms. The van der Waals surface area contributed by atoms with Gasteiger partial charge in [0.25, 0.3) is 0 Å². The van der Waals surface area contributed by atoms with E-state index < -0.39 is 0 Å². The van der Waals surface area contributed by atoms with Crippen molar-refractivity contribution in [3.63, 3.8) is 0 Å². The fraction of sp³-hybridized carbons (Fsp3) is 0.556. The average molecular weight is 394 g/mol. The summed E-state index contributed by atoms with van der Waals surface area (Å²) in [6, 6.07) is 7.97. The second-order valence-corrected chi connectivity index (χ2v) is 7.48. The molecule has 0 aliphatic carbocycles. The number of benzene rings is 1. The van der Waals surface area contributed by atoms with E-state index in [1.165, 1.54) is 0 Å². The lowest BCUT2D eigenvalue weighted by Gasteiger charge is -2.35. The van der Waals surface area contributed by atoms with Gasteiger partial charge in [-0.05, 0) is 24.2 Å². The summed E-state index contributed by atoms with van der Waals surface area (Å²) in [5.74, 6) is 0.0502. The highest BCUT2D eigenvalue weighted by atomic mass is 79.9. The first-order chi connectivity index (χ1) is 11.6. The molecule has 1 atom stereocenters. The van der Waals surface area contributed by atoms with Gasteiger partial charge in [0.05, 0.1) is 5.92 Å². The molecule has 5 nitrogen and oxygen atoms in total. The van der Waals surface area contributed by atoms with E-state index in [2.05, 4.69) is 27.8 Å². The summed E-state index contributed by atoms with van der Waals surface area (Å²) in [5, 5.41) is 0. The Morgan fingerprint density at radius 3 is 2.67 bits per heavy atom. The molecule has 130 valence electrons. The van der Waals surface area contributed by atoms with Crippen molar-refractivity contribution in [2.45, 2.75) is 19.9 Å². The van der Waals surface area contributed by atoms with Crippen molar-refractivity contribution in [1.29, 1.82) is 0 Å². The lowest BCUT2D eigenvalue weighted by molar-refractivity contribution is -0.137. The van der Waals surface area contributed by atoms with Crippen LogP contribution in [0.3, 0.4) is 0 Å². The number of carbonyl (C=O) groups excluding carboxylic acids is 2. The number of likely N-dealkylation sites (N-methyl/N-ethyl adjacent to an activating group) is 1. The van der Waals surface area contributed by atoms with Gasteiger partial charge in [-0.2, -0.15) is 0 Å². The van der Waals surface area contributed by atoms with Crippen LogP contribution in [0, 0.1) is 5.92 Å². The van der Waals surface area contributed by atoms with Crippen LogP contribution in [0.2, 0.25) is 0 Å². The summed E-state index contributed by atoms with van der Waals surface area (Å²) < 4.78 is 1.01. The Morgan fingerprint density at radius 1 is 1.25 bits per heavy atom. The normalized spacial score (nSPS) is 22.2. The van der Waals surface area contributed by atoms with Crippen molar-refractivity contribution in [2.75, 3.05) is 39.3 Å². The van der Waals surface area contributed by atoms with E-state index in [0.717, 1.165) is 42.8 Å². The molecule has 0 bridgehead atoms.